The molecule has 0 spiro atoms. The lowest BCUT2D eigenvalue weighted by Crippen LogP contribution is -2.32. The number of aryl methyl sites for hydroxylation is 1. The molecule has 12 heteroatoms. The minimum Gasteiger partial charge on any atom is -0.460 e. The zero-order valence-electron chi connectivity index (χ0n) is 49.2. The number of aliphatic hydroxyl groups excluding tert-OH is 1. The number of hydrogen-bond acceptors (Lipinski definition) is 11. The average Bonchev–Trinajstić information content (AvgIpc) is 3.38. The molecule has 2 aromatic rings. The summed E-state index contributed by atoms with van der Waals surface area (Å²) in [7, 11) is 0.968. The van der Waals surface area contributed by atoms with Crippen LogP contribution >= 0.6 is 0 Å². The Kier molecular flexibility index (Phi) is 56.8. The van der Waals surface area contributed by atoms with Crippen LogP contribution in [-0.2, 0) is 30.8 Å². The van der Waals surface area contributed by atoms with Crippen LogP contribution in [-0.4, -0.2) is 76.0 Å². The second-order valence-electron chi connectivity index (χ2n) is 16.7. The zero-order chi connectivity index (χ0) is 56.5. The second-order valence-corrected chi connectivity index (χ2v) is 19.1. The van der Waals surface area contributed by atoms with E-state index in [1.54, 1.807) is 20.9 Å². The van der Waals surface area contributed by atoms with Crippen molar-refractivity contribution in [2.45, 2.75) is 207 Å². The van der Waals surface area contributed by atoms with Crippen molar-refractivity contribution in [3.05, 3.63) is 88.9 Å². The van der Waals surface area contributed by atoms with Crippen LogP contribution in [0.4, 0.5) is 5.69 Å². The van der Waals surface area contributed by atoms with Gasteiger partial charge in [-0.05, 0) is 121 Å². The zero-order valence-corrected chi connectivity index (χ0v) is 50.0. The fraction of sp³-hybridized carbons (Fsp3) is 0.627. The van der Waals surface area contributed by atoms with Crippen molar-refractivity contribution in [3.63, 3.8) is 0 Å². The SMILES string of the molecule is C=O.CC.CC.CC.CCC(C)S(C)(=O)=O.CCC=NC(=C(C)C)/C(C)=N\C(N)=C\CCC.CCCC(C)C(C)C(O)C(C)CCC#CN(C)c1ccc(C)cc1.CN[C@@H](C)C(=O)OCc1ccccc1. The monoisotopic (exact) mass is 1010 g/mol. The lowest BCUT2D eigenvalue weighted by Gasteiger charge is -2.29. The highest BCUT2D eigenvalue weighted by Gasteiger charge is 2.24. The van der Waals surface area contributed by atoms with E-state index in [2.05, 4.69) is 100.0 Å². The van der Waals surface area contributed by atoms with Crippen molar-refractivity contribution < 1.29 is 27.9 Å². The fourth-order valence-corrected chi connectivity index (χ4v) is 6.28. The van der Waals surface area contributed by atoms with E-state index in [-0.39, 0.29) is 23.4 Å². The van der Waals surface area contributed by atoms with Gasteiger partial charge in [0.15, 0.2) is 0 Å². The lowest BCUT2D eigenvalue weighted by atomic mass is 9.81. The number of aliphatic imine (C=N–C) groups is 2. The number of benzene rings is 2. The minimum absolute atomic E-state index is 0.178. The molecular formula is C59H107N5O6S. The van der Waals surface area contributed by atoms with Crippen LogP contribution in [0.2, 0.25) is 0 Å². The summed E-state index contributed by atoms with van der Waals surface area (Å²) in [5, 5.41) is 13.2. The van der Waals surface area contributed by atoms with Gasteiger partial charge < -0.3 is 30.6 Å². The third-order valence-electron chi connectivity index (χ3n) is 10.6. The normalized spacial score (nSPS) is 13.0. The van der Waals surface area contributed by atoms with Gasteiger partial charge in [0.2, 0.25) is 0 Å². The van der Waals surface area contributed by atoms with E-state index >= 15 is 0 Å². The number of likely N-dealkylation sites (N-methyl/N-ethyl adjacent to an activating group) is 1. The molecule has 2 rings (SSSR count). The number of hydrogen-bond donors (Lipinski definition) is 3. The molecule has 410 valence electrons. The molecule has 0 saturated carbocycles. The highest BCUT2D eigenvalue weighted by Crippen LogP contribution is 2.26. The molecule has 0 heterocycles. The van der Waals surface area contributed by atoms with E-state index in [4.69, 9.17) is 15.3 Å². The molecule has 0 aliphatic heterocycles. The molecule has 71 heavy (non-hydrogen) atoms. The maximum atomic E-state index is 11.3. The Labute approximate surface area is 438 Å². The first-order valence-corrected chi connectivity index (χ1v) is 28.1. The molecule has 0 amide bonds. The Morgan fingerprint density at radius 1 is 0.873 bits per heavy atom. The number of anilines is 1. The van der Waals surface area contributed by atoms with E-state index in [1.807, 2.05) is 131 Å². The first kappa shape index (κ1) is 77.9. The maximum absolute atomic E-state index is 11.3. The molecule has 0 aromatic heterocycles. The number of nitrogens with two attached hydrogens (primary N) is 1. The number of nitrogens with zero attached hydrogens (tertiary/aromatic N) is 3. The molecule has 0 radical (unpaired) electrons. The topological polar surface area (TPSA) is 164 Å². The molecule has 0 aliphatic rings. The molecule has 0 fully saturated rings. The lowest BCUT2D eigenvalue weighted by molar-refractivity contribution is -0.146. The summed E-state index contributed by atoms with van der Waals surface area (Å²) in [6.07, 6.45) is 12.7. The average molecular weight is 1010 g/mol. The van der Waals surface area contributed by atoms with Crippen LogP contribution in [0.3, 0.4) is 0 Å². The fourth-order valence-electron chi connectivity index (χ4n) is 5.68. The molecule has 11 nitrogen and oxygen atoms in total. The standard InChI is InChI=1S/C22H35NO.C14H25N3.C11H15NO2.C5H12O2S.3C2H6.CH2O/c1-7-10-18(3)20(5)22(24)19(4)11-8-9-16-23(6)21-14-12-17(2)13-15-21;1-6-8-9-13(15)17-12(5)14(11(3)4)16-10-7-2;1-9(12-2)11(13)14-8-10-6-4-3-5-7-10;1-4-5(2)8(3,6)7;4*1-2/h12-15,18-20,22,24H,7-8,10-11H2,1-6H3;9-10H,6-8,15H2,1-5H3;3-7,9,12H,8H2,1-2H3;5H,4H2,1-3H3;3*1-2H3;1H2/b;13-9+,16-10?,17-12-;;;;;;/t;;9-;;;;;/m..0...../s1. The van der Waals surface area contributed by atoms with Crippen molar-refractivity contribution >= 4 is 40.2 Å². The number of ether oxygens (including phenoxy) is 1. The molecule has 0 aliphatic carbocycles. The number of sulfone groups is 1. The molecular weight excluding hydrogens is 907 g/mol. The van der Waals surface area contributed by atoms with Gasteiger partial charge in [-0.2, -0.15) is 0 Å². The Morgan fingerprint density at radius 3 is 1.83 bits per heavy atom. The maximum Gasteiger partial charge on any atom is 0.323 e. The van der Waals surface area contributed by atoms with Gasteiger partial charge in [0.25, 0.3) is 0 Å². The Bertz CT molecular complexity index is 1850. The van der Waals surface area contributed by atoms with Crippen LogP contribution in [0.25, 0.3) is 0 Å². The van der Waals surface area contributed by atoms with Crippen molar-refractivity contribution in [3.8, 4) is 12.0 Å². The number of rotatable bonds is 20. The number of allylic oxidation sites excluding steroid dienone is 3. The molecule has 4 N–H and O–H groups in total. The van der Waals surface area contributed by atoms with Crippen molar-refractivity contribution in [1.29, 1.82) is 0 Å². The predicted molar refractivity (Wildman–Crippen MR) is 313 cm³/mol. The van der Waals surface area contributed by atoms with Gasteiger partial charge in [-0.1, -0.05) is 163 Å². The minimum atomic E-state index is -2.75. The van der Waals surface area contributed by atoms with E-state index < -0.39 is 9.84 Å². The number of esters is 1. The number of aliphatic hydroxyl groups is 1. The van der Waals surface area contributed by atoms with E-state index in [0.29, 0.717) is 36.6 Å². The van der Waals surface area contributed by atoms with Gasteiger partial charge in [0.05, 0.1) is 22.8 Å². The summed E-state index contributed by atoms with van der Waals surface area (Å²) in [5.41, 5.74) is 12.2. The summed E-state index contributed by atoms with van der Waals surface area (Å²) in [5.74, 6) is 4.81. The summed E-state index contributed by atoms with van der Waals surface area (Å²) < 4.78 is 26.2. The number of carbonyl (C=O) groups excluding carboxylic acids is 2. The third kappa shape index (κ3) is 42.8. The Morgan fingerprint density at radius 2 is 1.41 bits per heavy atom. The van der Waals surface area contributed by atoms with Crippen molar-refractivity contribution in [2.24, 2.45) is 33.5 Å². The summed E-state index contributed by atoms with van der Waals surface area (Å²) in [6.45, 7) is 40.8. The molecule has 2 aromatic carbocycles. The van der Waals surface area contributed by atoms with Gasteiger partial charge in [0, 0.05) is 37.7 Å². The van der Waals surface area contributed by atoms with Gasteiger partial charge >= 0.3 is 5.97 Å². The highest BCUT2D eigenvalue weighted by atomic mass is 32.2. The largest absolute Gasteiger partial charge is 0.460 e. The molecule has 0 saturated heterocycles. The van der Waals surface area contributed by atoms with E-state index in [1.165, 1.54) is 24.7 Å². The van der Waals surface area contributed by atoms with E-state index in [9.17, 15) is 18.3 Å². The number of nitrogens with one attached hydrogen (secondary N) is 1. The van der Waals surface area contributed by atoms with Crippen molar-refractivity contribution in [2.75, 3.05) is 25.3 Å². The van der Waals surface area contributed by atoms with Crippen LogP contribution in [0.1, 0.15) is 187 Å². The van der Waals surface area contributed by atoms with Gasteiger partial charge in [-0.25, -0.2) is 13.4 Å². The van der Waals surface area contributed by atoms with Crippen molar-refractivity contribution in [1.82, 2.24) is 5.32 Å². The molecule has 0 bridgehead atoms. The summed E-state index contributed by atoms with van der Waals surface area (Å²) in [4.78, 5) is 30.0. The van der Waals surface area contributed by atoms with Gasteiger partial charge in [-0.3, -0.25) is 9.79 Å². The molecule has 5 unspecified atom stereocenters. The molecule has 6 atom stereocenters. The Balaban J connectivity index is -0.000000199. The van der Waals surface area contributed by atoms with Crippen LogP contribution in [0, 0.1) is 36.6 Å². The first-order valence-electron chi connectivity index (χ1n) is 26.1. The first-order chi connectivity index (χ1) is 33.6. The summed E-state index contributed by atoms with van der Waals surface area (Å²) in [6, 6.07) is 21.0. The predicted octanol–water partition coefficient (Wildman–Crippen LogP) is 14.1. The quantitative estimate of drug-likeness (QED) is 0.0507. The number of unbranched alkanes of at least 4 members (excludes halogenated alkanes) is 1. The highest BCUT2D eigenvalue weighted by molar-refractivity contribution is 7.91. The van der Waals surface area contributed by atoms with Gasteiger partial charge in [-0.15, -0.1) is 0 Å². The van der Waals surface area contributed by atoms with Crippen LogP contribution in [0.15, 0.2) is 87.7 Å². The van der Waals surface area contributed by atoms with Crippen LogP contribution in [0.5, 0.6) is 0 Å². The van der Waals surface area contributed by atoms with Crippen LogP contribution < -0.4 is 16.0 Å². The van der Waals surface area contributed by atoms with Gasteiger partial charge in [0.1, 0.15) is 35.1 Å². The van der Waals surface area contributed by atoms with E-state index in [0.717, 1.165) is 60.3 Å². The second kappa shape index (κ2) is 51.8. The number of carbonyl (C=O) groups is 2. The third-order valence-corrected chi connectivity index (χ3v) is 12.4. The Hall–Kier alpha value is -4.57. The summed E-state index contributed by atoms with van der Waals surface area (Å²) >= 11 is 0. The smallest absolute Gasteiger partial charge is 0.323 e.